The van der Waals surface area contributed by atoms with Gasteiger partial charge in [-0.15, -0.1) is 11.6 Å². The number of fused-ring (bicyclic) bond motifs is 1. The standard InChI is InChI=1S/C17H17Cl2N/c1-12-6-7-13-4-2-3-5-16(13)20(12)17-10-15(19)9-8-14(17)11-18/h2-5,8-10,12H,6-7,11H2,1H3. The van der Waals surface area contributed by atoms with Crippen molar-refractivity contribution < 1.29 is 0 Å². The monoisotopic (exact) mass is 305 g/mol. The molecular formula is C17H17Cl2N. The lowest BCUT2D eigenvalue weighted by atomic mass is 9.95. The second kappa shape index (κ2) is 5.67. The fourth-order valence-electron chi connectivity index (χ4n) is 2.93. The average molecular weight is 306 g/mol. The van der Waals surface area contributed by atoms with Crippen molar-refractivity contribution in [2.75, 3.05) is 4.90 Å². The molecule has 1 atom stereocenters. The van der Waals surface area contributed by atoms with E-state index in [1.165, 1.54) is 11.3 Å². The van der Waals surface area contributed by atoms with Gasteiger partial charge in [-0.25, -0.2) is 0 Å². The van der Waals surface area contributed by atoms with Gasteiger partial charge in [-0.1, -0.05) is 35.9 Å². The first kappa shape index (κ1) is 13.8. The zero-order valence-corrected chi connectivity index (χ0v) is 13.0. The summed E-state index contributed by atoms with van der Waals surface area (Å²) in [6.45, 7) is 2.26. The van der Waals surface area contributed by atoms with Crippen molar-refractivity contribution in [1.29, 1.82) is 0 Å². The predicted molar refractivity (Wildman–Crippen MR) is 87.4 cm³/mol. The van der Waals surface area contributed by atoms with Crippen LogP contribution in [-0.2, 0) is 12.3 Å². The van der Waals surface area contributed by atoms with E-state index in [2.05, 4.69) is 36.1 Å². The van der Waals surface area contributed by atoms with Crippen LogP contribution in [0.3, 0.4) is 0 Å². The number of anilines is 2. The molecule has 3 rings (SSSR count). The second-order valence-corrected chi connectivity index (χ2v) is 6.00. The van der Waals surface area contributed by atoms with Crippen LogP contribution in [0.25, 0.3) is 0 Å². The Hall–Kier alpha value is -1.18. The Kier molecular flexibility index (Phi) is 3.91. The average Bonchev–Trinajstić information content (AvgIpc) is 2.47. The second-order valence-electron chi connectivity index (χ2n) is 5.29. The largest absolute Gasteiger partial charge is 0.338 e. The lowest BCUT2D eigenvalue weighted by Gasteiger charge is -2.38. The SMILES string of the molecule is CC1CCc2ccccc2N1c1cc(Cl)ccc1CCl. The number of rotatable bonds is 2. The number of hydrogen-bond donors (Lipinski definition) is 0. The van der Waals surface area contributed by atoms with E-state index in [4.69, 9.17) is 23.2 Å². The van der Waals surface area contributed by atoms with Crippen LogP contribution in [0.15, 0.2) is 42.5 Å². The van der Waals surface area contributed by atoms with E-state index in [1.807, 2.05) is 18.2 Å². The third-order valence-corrected chi connectivity index (χ3v) is 4.50. The Bertz CT molecular complexity index is 624. The molecule has 104 valence electrons. The minimum absolute atomic E-state index is 0.449. The first-order valence-electron chi connectivity index (χ1n) is 6.92. The van der Waals surface area contributed by atoms with Crippen LogP contribution in [0.4, 0.5) is 11.4 Å². The molecule has 0 radical (unpaired) electrons. The maximum atomic E-state index is 6.20. The van der Waals surface area contributed by atoms with Gasteiger partial charge in [-0.3, -0.25) is 0 Å². The summed E-state index contributed by atoms with van der Waals surface area (Å²) in [5.41, 5.74) is 4.93. The van der Waals surface area contributed by atoms with Gasteiger partial charge in [0.15, 0.2) is 0 Å². The van der Waals surface area contributed by atoms with Gasteiger partial charge in [0.2, 0.25) is 0 Å². The Morgan fingerprint density at radius 1 is 1.15 bits per heavy atom. The topological polar surface area (TPSA) is 3.24 Å². The summed E-state index contributed by atoms with van der Waals surface area (Å²) in [7, 11) is 0. The molecule has 0 saturated carbocycles. The van der Waals surface area contributed by atoms with E-state index >= 15 is 0 Å². The third kappa shape index (κ3) is 2.41. The van der Waals surface area contributed by atoms with Crippen LogP contribution in [0.5, 0.6) is 0 Å². The lowest BCUT2D eigenvalue weighted by Crippen LogP contribution is -2.33. The summed E-state index contributed by atoms with van der Waals surface area (Å²) in [6, 6.07) is 15.0. The van der Waals surface area contributed by atoms with Crippen molar-refractivity contribution in [2.24, 2.45) is 0 Å². The molecule has 0 aromatic heterocycles. The molecule has 0 spiro atoms. The number of aryl methyl sites for hydroxylation is 1. The van der Waals surface area contributed by atoms with Crippen LogP contribution in [0, 0.1) is 0 Å². The molecule has 1 aliphatic rings. The Morgan fingerprint density at radius 2 is 1.95 bits per heavy atom. The number of para-hydroxylation sites is 1. The lowest BCUT2D eigenvalue weighted by molar-refractivity contribution is 0.617. The highest BCUT2D eigenvalue weighted by molar-refractivity contribution is 6.31. The van der Waals surface area contributed by atoms with Gasteiger partial charge >= 0.3 is 0 Å². The van der Waals surface area contributed by atoms with Crippen molar-refractivity contribution in [2.45, 2.75) is 31.7 Å². The molecule has 0 N–H and O–H groups in total. The van der Waals surface area contributed by atoms with E-state index < -0.39 is 0 Å². The number of halogens is 2. The summed E-state index contributed by atoms with van der Waals surface area (Å²) >= 11 is 12.3. The third-order valence-electron chi connectivity index (χ3n) is 3.97. The van der Waals surface area contributed by atoms with Gasteiger partial charge in [-0.2, -0.15) is 0 Å². The van der Waals surface area contributed by atoms with Crippen LogP contribution >= 0.6 is 23.2 Å². The molecule has 0 bridgehead atoms. The Labute approximate surface area is 130 Å². The van der Waals surface area contributed by atoms with Gasteiger partial charge in [0.25, 0.3) is 0 Å². The molecule has 0 amide bonds. The molecule has 0 saturated heterocycles. The highest BCUT2D eigenvalue weighted by atomic mass is 35.5. The van der Waals surface area contributed by atoms with Gasteiger partial charge in [0.1, 0.15) is 0 Å². The molecule has 1 nitrogen and oxygen atoms in total. The molecule has 2 aromatic rings. The van der Waals surface area contributed by atoms with Crippen molar-refractivity contribution in [3.63, 3.8) is 0 Å². The number of hydrogen-bond acceptors (Lipinski definition) is 1. The molecule has 1 heterocycles. The van der Waals surface area contributed by atoms with Crippen molar-refractivity contribution in [3.05, 3.63) is 58.6 Å². The molecular weight excluding hydrogens is 289 g/mol. The molecule has 0 aliphatic carbocycles. The quantitative estimate of drug-likeness (QED) is 0.657. The van der Waals surface area contributed by atoms with Crippen LogP contribution < -0.4 is 4.90 Å². The zero-order valence-electron chi connectivity index (χ0n) is 11.4. The predicted octanol–water partition coefficient (Wildman–Crippen LogP) is 5.55. The molecule has 1 unspecified atom stereocenters. The molecule has 3 heteroatoms. The minimum atomic E-state index is 0.449. The van der Waals surface area contributed by atoms with Crippen molar-refractivity contribution in [3.8, 4) is 0 Å². The first-order chi connectivity index (χ1) is 9.70. The maximum Gasteiger partial charge on any atom is 0.0494 e. The van der Waals surface area contributed by atoms with E-state index in [0.29, 0.717) is 11.9 Å². The zero-order chi connectivity index (χ0) is 14.1. The van der Waals surface area contributed by atoms with Gasteiger partial charge in [0.05, 0.1) is 0 Å². The minimum Gasteiger partial charge on any atom is -0.338 e. The summed E-state index contributed by atoms with van der Waals surface area (Å²) in [4.78, 5) is 2.38. The fourth-order valence-corrected chi connectivity index (χ4v) is 3.32. The Morgan fingerprint density at radius 3 is 2.75 bits per heavy atom. The maximum absolute atomic E-state index is 6.20. The van der Waals surface area contributed by atoms with E-state index in [9.17, 15) is 0 Å². The van der Waals surface area contributed by atoms with E-state index in [0.717, 1.165) is 29.1 Å². The molecule has 0 fully saturated rings. The summed E-state index contributed by atoms with van der Waals surface area (Å²) < 4.78 is 0. The molecule has 20 heavy (non-hydrogen) atoms. The fraction of sp³-hybridized carbons (Fsp3) is 0.294. The van der Waals surface area contributed by atoms with Crippen molar-refractivity contribution >= 4 is 34.6 Å². The smallest absolute Gasteiger partial charge is 0.0494 e. The highest BCUT2D eigenvalue weighted by Crippen LogP contribution is 2.39. The Balaban J connectivity index is 2.16. The van der Waals surface area contributed by atoms with Gasteiger partial charge in [-0.05, 0) is 49.1 Å². The highest BCUT2D eigenvalue weighted by Gasteiger charge is 2.25. The molecule has 2 aromatic carbocycles. The normalized spacial score (nSPS) is 17.9. The number of nitrogens with zero attached hydrogens (tertiary/aromatic N) is 1. The van der Waals surface area contributed by atoms with Crippen LogP contribution in [0.2, 0.25) is 5.02 Å². The number of benzene rings is 2. The van der Waals surface area contributed by atoms with E-state index in [1.54, 1.807) is 0 Å². The van der Waals surface area contributed by atoms with Crippen LogP contribution in [0.1, 0.15) is 24.5 Å². The van der Waals surface area contributed by atoms with Crippen LogP contribution in [-0.4, -0.2) is 6.04 Å². The van der Waals surface area contributed by atoms with Gasteiger partial charge < -0.3 is 4.90 Å². The number of alkyl halides is 1. The summed E-state index contributed by atoms with van der Waals surface area (Å²) in [6.07, 6.45) is 2.27. The van der Waals surface area contributed by atoms with Gasteiger partial charge in [0, 0.05) is 28.3 Å². The molecule has 1 aliphatic heterocycles. The summed E-state index contributed by atoms with van der Waals surface area (Å²) in [5, 5.41) is 0.754. The first-order valence-corrected chi connectivity index (χ1v) is 7.83. The summed E-state index contributed by atoms with van der Waals surface area (Å²) in [5.74, 6) is 0.498. The van der Waals surface area contributed by atoms with E-state index in [-0.39, 0.29) is 0 Å². The van der Waals surface area contributed by atoms with Crippen molar-refractivity contribution in [1.82, 2.24) is 0 Å².